The number of methoxy groups -OCH3 is 1. The van der Waals surface area contributed by atoms with E-state index in [0.717, 1.165) is 37.0 Å². The van der Waals surface area contributed by atoms with Gasteiger partial charge in [-0.15, -0.1) is 0 Å². The number of hydrogen-bond donors (Lipinski definition) is 1. The molecule has 0 aromatic heterocycles. The van der Waals surface area contributed by atoms with Gasteiger partial charge in [0.05, 0.1) is 18.6 Å². The SMILES string of the molecule is COc1cccc(COC(C)C(=O)Nc2ccc(S(=O)(=O)N3CCCCCC3)cc2)c1. The summed E-state index contributed by atoms with van der Waals surface area (Å²) in [7, 11) is -1.91. The molecule has 2 aromatic rings. The zero-order valence-corrected chi connectivity index (χ0v) is 18.9. The molecule has 1 unspecified atom stereocenters. The molecule has 1 fully saturated rings. The highest BCUT2D eigenvalue weighted by atomic mass is 32.2. The summed E-state index contributed by atoms with van der Waals surface area (Å²) in [6.45, 7) is 3.07. The molecule has 0 saturated carbocycles. The Morgan fingerprint density at radius 3 is 2.39 bits per heavy atom. The first-order valence-corrected chi connectivity index (χ1v) is 12.0. The van der Waals surface area contributed by atoms with E-state index in [9.17, 15) is 13.2 Å². The van der Waals surface area contributed by atoms with E-state index >= 15 is 0 Å². The van der Waals surface area contributed by atoms with Crippen LogP contribution < -0.4 is 10.1 Å². The summed E-state index contributed by atoms with van der Waals surface area (Å²) < 4.78 is 38.1. The van der Waals surface area contributed by atoms with Crippen molar-refractivity contribution in [1.82, 2.24) is 4.31 Å². The van der Waals surface area contributed by atoms with Crippen LogP contribution in [0.4, 0.5) is 5.69 Å². The molecule has 0 spiro atoms. The normalized spacial score (nSPS) is 16.3. The minimum atomic E-state index is -3.51. The summed E-state index contributed by atoms with van der Waals surface area (Å²) >= 11 is 0. The molecule has 0 aliphatic carbocycles. The van der Waals surface area contributed by atoms with Gasteiger partial charge in [0.1, 0.15) is 11.9 Å². The van der Waals surface area contributed by atoms with Gasteiger partial charge < -0.3 is 14.8 Å². The second kappa shape index (κ2) is 10.7. The van der Waals surface area contributed by atoms with E-state index in [4.69, 9.17) is 9.47 Å². The fourth-order valence-corrected chi connectivity index (χ4v) is 4.96. The lowest BCUT2D eigenvalue weighted by Crippen LogP contribution is -2.32. The first-order chi connectivity index (χ1) is 14.9. The largest absolute Gasteiger partial charge is 0.497 e. The van der Waals surface area contributed by atoms with Crippen molar-refractivity contribution in [1.29, 1.82) is 0 Å². The third-order valence-corrected chi connectivity index (χ3v) is 7.24. The monoisotopic (exact) mass is 446 g/mol. The van der Waals surface area contributed by atoms with E-state index in [0.29, 0.717) is 18.8 Å². The second-order valence-electron chi connectivity index (χ2n) is 7.64. The van der Waals surface area contributed by atoms with E-state index in [1.807, 2.05) is 24.3 Å². The lowest BCUT2D eigenvalue weighted by atomic mass is 10.2. The Morgan fingerprint density at radius 2 is 1.74 bits per heavy atom. The molecule has 1 aliphatic rings. The van der Waals surface area contributed by atoms with Gasteiger partial charge in [0, 0.05) is 18.8 Å². The van der Waals surface area contributed by atoms with Gasteiger partial charge in [0.15, 0.2) is 0 Å². The Balaban J connectivity index is 1.56. The lowest BCUT2D eigenvalue weighted by molar-refractivity contribution is -0.127. The average Bonchev–Trinajstić information content (AvgIpc) is 3.08. The molecule has 1 N–H and O–H groups in total. The van der Waals surface area contributed by atoms with Gasteiger partial charge in [-0.3, -0.25) is 4.79 Å². The summed E-state index contributed by atoms with van der Waals surface area (Å²) in [5.41, 5.74) is 1.43. The first-order valence-electron chi connectivity index (χ1n) is 10.6. The van der Waals surface area contributed by atoms with Crippen molar-refractivity contribution in [2.75, 3.05) is 25.5 Å². The Kier molecular flexibility index (Phi) is 8.06. The lowest BCUT2D eigenvalue weighted by Gasteiger charge is -2.20. The predicted octanol–water partition coefficient (Wildman–Crippen LogP) is 3.80. The van der Waals surface area contributed by atoms with Gasteiger partial charge >= 0.3 is 0 Å². The van der Waals surface area contributed by atoms with Crippen LogP contribution in [0, 0.1) is 0 Å². The molecule has 3 rings (SSSR count). The molecule has 1 aliphatic heterocycles. The van der Waals surface area contributed by atoms with Crippen molar-refractivity contribution in [3.05, 3.63) is 54.1 Å². The van der Waals surface area contributed by atoms with Crippen LogP contribution in [0.3, 0.4) is 0 Å². The molecule has 0 bridgehead atoms. The zero-order chi connectivity index (χ0) is 22.3. The van der Waals surface area contributed by atoms with Crippen LogP contribution in [-0.4, -0.2) is 44.9 Å². The van der Waals surface area contributed by atoms with Crippen molar-refractivity contribution in [2.24, 2.45) is 0 Å². The van der Waals surface area contributed by atoms with Crippen molar-refractivity contribution in [3.63, 3.8) is 0 Å². The highest BCUT2D eigenvalue weighted by Gasteiger charge is 2.25. The fraction of sp³-hybridized carbons (Fsp3) is 0.435. The maximum Gasteiger partial charge on any atom is 0.253 e. The zero-order valence-electron chi connectivity index (χ0n) is 18.0. The topological polar surface area (TPSA) is 84.9 Å². The quantitative estimate of drug-likeness (QED) is 0.667. The van der Waals surface area contributed by atoms with E-state index in [1.54, 1.807) is 30.5 Å². The smallest absolute Gasteiger partial charge is 0.253 e. The fourth-order valence-electron chi connectivity index (χ4n) is 3.44. The number of anilines is 1. The van der Waals surface area contributed by atoms with Crippen LogP contribution in [0.25, 0.3) is 0 Å². The summed E-state index contributed by atoms with van der Waals surface area (Å²) in [6, 6.07) is 13.8. The number of rotatable bonds is 8. The number of carbonyl (C=O) groups is 1. The summed E-state index contributed by atoms with van der Waals surface area (Å²) in [4.78, 5) is 12.7. The third kappa shape index (κ3) is 6.29. The molecule has 0 radical (unpaired) electrons. The minimum Gasteiger partial charge on any atom is -0.497 e. The molecule has 1 saturated heterocycles. The Morgan fingerprint density at radius 1 is 1.06 bits per heavy atom. The standard InChI is InChI=1S/C23H30N2O5S/c1-18(30-17-19-8-7-9-21(16-19)29-2)23(26)24-20-10-12-22(13-11-20)31(27,28)25-14-5-3-4-6-15-25/h7-13,16,18H,3-6,14-15,17H2,1-2H3,(H,24,26). The van der Waals surface area contributed by atoms with Gasteiger partial charge in [0.2, 0.25) is 10.0 Å². The molecule has 168 valence electrons. The van der Waals surface area contributed by atoms with Crippen LogP contribution >= 0.6 is 0 Å². The number of ether oxygens (including phenoxy) is 2. The van der Waals surface area contributed by atoms with Gasteiger partial charge in [0.25, 0.3) is 5.91 Å². The molecule has 7 nitrogen and oxygen atoms in total. The number of sulfonamides is 1. The van der Waals surface area contributed by atoms with Crippen molar-refractivity contribution >= 4 is 21.6 Å². The van der Waals surface area contributed by atoms with Crippen LogP contribution in [0.5, 0.6) is 5.75 Å². The molecule has 31 heavy (non-hydrogen) atoms. The average molecular weight is 447 g/mol. The van der Waals surface area contributed by atoms with Gasteiger partial charge in [-0.2, -0.15) is 4.31 Å². The Labute approximate surface area is 184 Å². The Hall–Kier alpha value is -2.42. The number of benzene rings is 2. The van der Waals surface area contributed by atoms with E-state index in [2.05, 4.69) is 5.32 Å². The maximum absolute atomic E-state index is 12.9. The highest BCUT2D eigenvalue weighted by Crippen LogP contribution is 2.22. The van der Waals surface area contributed by atoms with Crippen LogP contribution in [0.2, 0.25) is 0 Å². The molecular formula is C23H30N2O5S. The Bertz CT molecular complexity index is 968. The maximum atomic E-state index is 12.9. The van der Waals surface area contributed by atoms with E-state index < -0.39 is 16.1 Å². The number of amides is 1. The third-order valence-electron chi connectivity index (χ3n) is 5.33. The summed E-state index contributed by atoms with van der Waals surface area (Å²) in [5.74, 6) is 0.430. The second-order valence-corrected chi connectivity index (χ2v) is 9.57. The van der Waals surface area contributed by atoms with Crippen LogP contribution in [-0.2, 0) is 26.2 Å². The molecular weight excluding hydrogens is 416 g/mol. The molecule has 1 heterocycles. The number of hydrogen-bond acceptors (Lipinski definition) is 5. The molecule has 1 amide bonds. The molecule has 1 atom stereocenters. The van der Waals surface area contributed by atoms with Gasteiger partial charge in [-0.25, -0.2) is 8.42 Å². The van der Waals surface area contributed by atoms with Crippen LogP contribution in [0.1, 0.15) is 38.2 Å². The van der Waals surface area contributed by atoms with Crippen LogP contribution in [0.15, 0.2) is 53.4 Å². The first kappa shape index (κ1) is 23.2. The van der Waals surface area contributed by atoms with E-state index in [-0.39, 0.29) is 17.4 Å². The molecule has 2 aromatic carbocycles. The van der Waals surface area contributed by atoms with Gasteiger partial charge in [-0.05, 0) is 61.7 Å². The highest BCUT2D eigenvalue weighted by molar-refractivity contribution is 7.89. The summed E-state index contributed by atoms with van der Waals surface area (Å²) in [6.07, 6.45) is 3.23. The van der Waals surface area contributed by atoms with Crippen molar-refractivity contribution < 1.29 is 22.7 Å². The van der Waals surface area contributed by atoms with Gasteiger partial charge in [-0.1, -0.05) is 25.0 Å². The summed E-state index contributed by atoms with van der Waals surface area (Å²) in [5, 5.41) is 2.77. The van der Waals surface area contributed by atoms with Crippen molar-refractivity contribution in [2.45, 2.75) is 50.2 Å². The van der Waals surface area contributed by atoms with E-state index in [1.165, 1.54) is 12.1 Å². The predicted molar refractivity (Wildman–Crippen MR) is 120 cm³/mol. The number of carbonyl (C=O) groups excluding carboxylic acids is 1. The molecule has 8 heteroatoms. The number of nitrogens with zero attached hydrogens (tertiary/aromatic N) is 1. The minimum absolute atomic E-state index is 0.245. The number of nitrogens with one attached hydrogen (secondary N) is 1. The van der Waals surface area contributed by atoms with Crippen molar-refractivity contribution in [3.8, 4) is 5.75 Å².